The Balaban J connectivity index is 2.19. The third-order valence-corrected chi connectivity index (χ3v) is 2.33. The number of H-pyrrole nitrogens is 1. The highest BCUT2D eigenvalue weighted by molar-refractivity contribution is 5.88. The van der Waals surface area contributed by atoms with Crippen molar-refractivity contribution in [3.63, 3.8) is 0 Å². The Morgan fingerprint density at radius 3 is 2.56 bits per heavy atom. The van der Waals surface area contributed by atoms with Crippen molar-refractivity contribution in [3.8, 4) is 5.75 Å². The van der Waals surface area contributed by atoms with Gasteiger partial charge in [-0.2, -0.15) is 0 Å². The quantitative estimate of drug-likeness (QED) is 0.858. The first kappa shape index (κ1) is 11.9. The Labute approximate surface area is 103 Å². The van der Waals surface area contributed by atoms with Gasteiger partial charge >= 0.3 is 5.97 Å². The number of pyridine rings is 1. The molecule has 0 bridgehead atoms. The Bertz CT molecular complexity index is 604. The second kappa shape index (κ2) is 5.18. The number of aromatic nitrogens is 1. The van der Waals surface area contributed by atoms with Crippen molar-refractivity contribution in [2.45, 2.75) is 6.61 Å². The lowest BCUT2D eigenvalue weighted by Gasteiger charge is -2.08. The summed E-state index contributed by atoms with van der Waals surface area (Å²) in [6.07, 6.45) is 0. The molecule has 0 saturated heterocycles. The minimum atomic E-state index is -1.23. The average Bonchev–Trinajstić information content (AvgIpc) is 2.38. The fourth-order valence-corrected chi connectivity index (χ4v) is 1.48. The van der Waals surface area contributed by atoms with Gasteiger partial charge in [0.1, 0.15) is 6.61 Å². The summed E-state index contributed by atoms with van der Waals surface area (Å²) in [5.41, 5.74) is 0.206. The zero-order valence-electron chi connectivity index (χ0n) is 9.42. The molecule has 5 heteroatoms. The third-order valence-electron chi connectivity index (χ3n) is 2.33. The summed E-state index contributed by atoms with van der Waals surface area (Å²) in [4.78, 5) is 24.2. The standard InChI is InChI=1S/C13H11NO4/c15-11-7-6-10(12(14-11)13(16)17)18-8-9-4-2-1-3-5-9/h1-7H,8H2,(H,14,15)(H,16,17). The first-order valence-corrected chi connectivity index (χ1v) is 5.30. The van der Waals surface area contributed by atoms with Crippen LogP contribution in [-0.4, -0.2) is 16.1 Å². The van der Waals surface area contributed by atoms with E-state index < -0.39 is 11.5 Å². The van der Waals surface area contributed by atoms with E-state index in [4.69, 9.17) is 9.84 Å². The highest BCUT2D eigenvalue weighted by Crippen LogP contribution is 2.15. The van der Waals surface area contributed by atoms with Crippen molar-refractivity contribution in [1.29, 1.82) is 0 Å². The number of rotatable bonds is 4. The Morgan fingerprint density at radius 1 is 1.17 bits per heavy atom. The molecule has 1 aromatic carbocycles. The fourth-order valence-electron chi connectivity index (χ4n) is 1.48. The number of carboxylic acids is 1. The van der Waals surface area contributed by atoms with Crippen molar-refractivity contribution in [2.75, 3.05) is 0 Å². The van der Waals surface area contributed by atoms with Crippen molar-refractivity contribution in [1.82, 2.24) is 4.98 Å². The van der Waals surface area contributed by atoms with E-state index >= 15 is 0 Å². The molecule has 0 aliphatic heterocycles. The lowest BCUT2D eigenvalue weighted by Crippen LogP contribution is -2.13. The average molecular weight is 245 g/mol. The SMILES string of the molecule is O=C(O)c1[nH]c(=O)ccc1OCc1ccccc1. The van der Waals surface area contributed by atoms with Crippen LogP contribution in [0.4, 0.5) is 0 Å². The van der Waals surface area contributed by atoms with Crippen LogP contribution in [0.2, 0.25) is 0 Å². The normalized spacial score (nSPS) is 10.0. The first-order chi connectivity index (χ1) is 8.66. The molecule has 92 valence electrons. The summed E-state index contributed by atoms with van der Waals surface area (Å²) in [5, 5.41) is 8.94. The smallest absolute Gasteiger partial charge is 0.356 e. The van der Waals surface area contributed by atoms with Gasteiger partial charge in [-0.05, 0) is 11.6 Å². The van der Waals surface area contributed by atoms with E-state index in [2.05, 4.69) is 4.98 Å². The molecule has 0 atom stereocenters. The van der Waals surface area contributed by atoms with Crippen molar-refractivity contribution in [3.05, 3.63) is 64.1 Å². The van der Waals surface area contributed by atoms with Gasteiger partial charge in [0, 0.05) is 6.07 Å². The summed E-state index contributed by atoms with van der Waals surface area (Å²) in [5.74, 6) is -1.08. The maximum absolute atomic E-state index is 11.0. The van der Waals surface area contributed by atoms with E-state index in [0.29, 0.717) is 0 Å². The molecule has 2 rings (SSSR count). The van der Waals surface area contributed by atoms with Crippen LogP contribution in [0.5, 0.6) is 5.75 Å². The number of nitrogens with one attached hydrogen (secondary N) is 1. The van der Waals surface area contributed by atoms with E-state index in [1.807, 2.05) is 30.3 Å². The lowest BCUT2D eigenvalue weighted by atomic mass is 10.2. The predicted molar refractivity (Wildman–Crippen MR) is 64.8 cm³/mol. The second-order valence-electron chi connectivity index (χ2n) is 3.64. The number of ether oxygens (including phenoxy) is 1. The molecule has 0 fully saturated rings. The van der Waals surface area contributed by atoms with Gasteiger partial charge in [0.2, 0.25) is 5.56 Å². The van der Waals surface area contributed by atoms with E-state index in [1.165, 1.54) is 12.1 Å². The molecule has 0 radical (unpaired) electrons. The van der Waals surface area contributed by atoms with Crippen LogP contribution in [0.3, 0.4) is 0 Å². The second-order valence-corrected chi connectivity index (χ2v) is 3.64. The molecular weight excluding hydrogens is 234 g/mol. The zero-order valence-corrected chi connectivity index (χ0v) is 9.42. The van der Waals surface area contributed by atoms with E-state index in [0.717, 1.165) is 5.56 Å². The highest BCUT2D eigenvalue weighted by Gasteiger charge is 2.12. The highest BCUT2D eigenvalue weighted by atomic mass is 16.5. The molecule has 0 aliphatic carbocycles. The van der Waals surface area contributed by atoms with Crippen molar-refractivity contribution >= 4 is 5.97 Å². The van der Waals surface area contributed by atoms with Crippen LogP contribution in [0.25, 0.3) is 0 Å². The van der Waals surface area contributed by atoms with E-state index in [-0.39, 0.29) is 18.1 Å². The van der Waals surface area contributed by atoms with E-state index in [1.54, 1.807) is 0 Å². The molecule has 2 N–H and O–H groups in total. The minimum Gasteiger partial charge on any atom is -0.486 e. The van der Waals surface area contributed by atoms with Crippen LogP contribution in [0, 0.1) is 0 Å². The molecule has 1 aromatic heterocycles. The summed E-state index contributed by atoms with van der Waals surface area (Å²) < 4.78 is 5.39. The fraction of sp³-hybridized carbons (Fsp3) is 0.0769. The topological polar surface area (TPSA) is 79.4 Å². The van der Waals surface area contributed by atoms with Crippen molar-refractivity contribution < 1.29 is 14.6 Å². The summed E-state index contributed by atoms with van der Waals surface area (Å²) >= 11 is 0. The molecular formula is C13H11NO4. The van der Waals surface area contributed by atoms with Gasteiger partial charge in [0.25, 0.3) is 0 Å². The molecule has 0 aliphatic rings. The predicted octanol–water partition coefficient (Wildman–Crippen LogP) is 1.65. The molecule has 0 spiro atoms. The Morgan fingerprint density at radius 2 is 1.89 bits per heavy atom. The van der Waals surface area contributed by atoms with Crippen LogP contribution in [0.1, 0.15) is 16.1 Å². The molecule has 0 amide bonds. The third kappa shape index (κ3) is 2.76. The minimum absolute atomic E-state index is 0.144. The number of aromatic amines is 1. The molecule has 0 saturated carbocycles. The van der Waals surface area contributed by atoms with Crippen LogP contribution in [0.15, 0.2) is 47.3 Å². The number of aromatic carboxylic acids is 1. The van der Waals surface area contributed by atoms with Crippen LogP contribution >= 0.6 is 0 Å². The number of carbonyl (C=O) groups is 1. The van der Waals surface area contributed by atoms with Crippen LogP contribution < -0.4 is 10.3 Å². The number of benzene rings is 1. The molecule has 2 aromatic rings. The van der Waals surface area contributed by atoms with Crippen LogP contribution in [-0.2, 0) is 6.61 Å². The van der Waals surface area contributed by atoms with Gasteiger partial charge in [-0.25, -0.2) is 4.79 Å². The van der Waals surface area contributed by atoms with Gasteiger partial charge in [-0.15, -0.1) is 0 Å². The van der Waals surface area contributed by atoms with E-state index in [9.17, 15) is 9.59 Å². The number of hydrogen-bond acceptors (Lipinski definition) is 3. The molecule has 18 heavy (non-hydrogen) atoms. The monoisotopic (exact) mass is 245 g/mol. The van der Waals surface area contributed by atoms with Gasteiger partial charge in [0.15, 0.2) is 11.4 Å². The van der Waals surface area contributed by atoms with Crippen molar-refractivity contribution in [2.24, 2.45) is 0 Å². The summed E-state index contributed by atoms with van der Waals surface area (Å²) in [6, 6.07) is 11.9. The Kier molecular flexibility index (Phi) is 3.43. The number of hydrogen-bond donors (Lipinski definition) is 2. The number of carboxylic acid groups (broad SMARTS) is 1. The van der Waals surface area contributed by atoms with Gasteiger partial charge in [-0.3, -0.25) is 4.79 Å². The summed E-state index contributed by atoms with van der Waals surface area (Å²) in [6.45, 7) is 0.243. The first-order valence-electron chi connectivity index (χ1n) is 5.30. The maximum atomic E-state index is 11.0. The maximum Gasteiger partial charge on any atom is 0.356 e. The van der Waals surface area contributed by atoms with Gasteiger partial charge in [0.05, 0.1) is 0 Å². The van der Waals surface area contributed by atoms with Gasteiger partial charge in [-0.1, -0.05) is 30.3 Å². The Hall–Kier alpha value is -2.56. The van der Waals surface area contributed by atoms with Gasteiger partial charge < -0.3 is 14.8 Å². The summed E-state index contributed by atoms with van der Waals surface area (Å²) in [7, 11) is 0. The largest absolute Gasteiger partial charge is 0.486 e. The molecule has 0 unspecified atom stereocenters. The molecule has 5 nitrogen and oxygen atoms in total. The molecule has 1 heterocycles. The zero-order chi connectivity index (χ0) is 13.0. The lowest BCUT2D eigenvalue weighted by molar-refractivity contribution is 0.0684.